The molecule has 88 valence electrons. The molecule has 0 unspecified atom stereocenters. The molecule has 16 heavy (non-hydrogen) atoms. The van der Waals surface area contributed by atoms with Crippen molar-refractivity contribution in [3.8, 4) is 0 Å². The number of benzene rings is 1. The van der Waals surface area contributed by atoms with Gasteiger partial charge >= 0.3 is 0 Å². The van der Waals surface area contributed by atoms with E-state index in [0.717, 1.165) is 26.1 Å². The molecule has 0 aliphatic carbocycles. The van der Waals surface area contributed by atoms with Crippen molar-refractivity contribution in [3.63, 3.8) is 0 Å². The van der Waals surface area contributed by atoms with Crippen LogP contribution < -0.4 is 10.6 Å². The standard InChI is InChI=1S/C13H20N2O/c1-11-5-3-6-13(9-11)10-14-7-4-8-15-12(2)16/h3,5-6,9,14H,4,7-8,10H2,1-2H3,(H,15,16). The number of hydrogen-bond acceptors (Lipinski definition) is 2. The van der Waals surface area contributed by atoms with Crippen LogP contribution in [0.2, 0.25) is 0 Å². The van der Waals surface area contributed by atoms with E-state index in [1.807, 2.05) is 0 Å². The predicted molar refractivity (Wildman–Crippen MR) is 66.2 cm³/mol. The summed E-state index contributed by atoms with van der Waals surface area (Å²) < 4.78 is 0. The Morgan fingerprint density at radius 3 is 2.81 bits per heavy atom. The first kappa shape index (κ1) is 12.7. The molecule has 0 spiro atoms. The van der Waals surface area contributed by atoms with E-state index in [2.05, 4.69) is 41.8 Å². The summed E-state index contributed by atoms with van der Waals surface area (Å²) in [7, 11) is 0. The van der Waals surface area contributed by atoms with E-state index < -0.39 is 0 Å². The second-order valence-corrected chi connectivity index (χ2v) is 4.00. The molecule has 0 fully saturated rings. The number of nitrogens with one attached hydrogen (secondary N) is 2. The Bertz CT molecular complexity index is 336. The molecule has 0 atom stereocenters. The Labute approximate surface area is 97.2 Å². The van der Waals surface area contributed by atoms with Gasteiger partial charge in [0, 0.05) is 20.0 Å². The topological polar surface area (TPSA) is 41.1 Å². The van der Waals surface area contributed by atoms with Gasteiger partial charge in [-0.1, -0.05) is 29.8 Å². The van der Waals surface area contributed by atoms with Crippen LogP contribution in [0.3, 0.4) is 0 Å². The van der Waals surface area contributed by atoms with Crippen molar-refractivity contribution in [2.75, 3.05) is 13.1 Å². The number of aryl methyl sites for hydroxylation is 1. The van der Waals surface area contributed by atoms with Gasteiger partial charge in [-0.2, -0.15) is 0 Å². The van der Waals surface area contributed by atoms with E-state index in [1.54, 1.807) is 6.92 Å². The van der Waals surface area contributed by atoms with Crippen LogP contribution in [0.25, 0.3) is 0 Å². The van der Waals surface area contributed by atoms with E-state index in [0.29, 0.717) is 0 Å². The molecular formula is C13H20N2O. The Morgan fingerprint density at radius 2 is 2.12 bits per heavy atom. The highest BCUT2D eigenvalue weighted by Gasteiger charge is 1.93. The van der Waals surface area contributed by atoms with Crippen molar-refractivity contribution in [1.82, 2.24) is 10.6 Å². The van der Waals surface area contributed by atoms with Crippen LogP contribution in [0.1, 0.15) is 24.5 Å². The van der Waals surface area contributed by atoms with Gasteiger partial charge in [0.15, 0.2) is 0 Å². The van der Waals surface area contributed by atoms with Crippen LogP contribution in [0.4, 0.5) is 0 Å². The van der Waals surface area contributed by atoms with E-state index in [9.17, 15) is 4.79 Å². The molecule has 1 aromatic rings. The van der Waals surface area contributed by atoms with Crippen LogP contribution in [-0.2, 0) is 11.3 Å². The number of carbonyl (C=O) groups excluding carboxylic acids is 1. The molecule has 0 aromatic heterocycles. The van der Waals surface area contributed by atoms with Crippen LogP contribution in [-0.4, -0.2) is 19.0 Å². The zero-order valence-electron chi connectivity index (χ0n) is 10.0. The van der Waals surface area contributed by atoms with Gasteiger partial charge in [-0.25, -0.2) is 0 Å². The summed E-state index contributed by atoms with van der Waals surface area (Å²) in [5.74, 6) is 0.0404. The molecule has 1 rings (SSSR count). The van der Waals surface area contributed by atoms with Crippen LogP contribution in [0.5, 0.6) is 0 Å². The molecule has 3 nitrogen and oxygen atoms in total. The van der Waals surface area contributed by atoms with Crippen LogP contribution in [0, 0.1) is 6.92 Å². The van der Waals surface area contributed by atoms with E-state index in [-0.39, 0.29) is 5.91 Å². The molecule has 0 aliphatic rings. The molecule has 0 saturated heterocycles. The minimum absolute atomic E-state index is 0.0404. The van der Waals surface area contributed by atoms with Gasteiger partial charge < -0.3 is 10.6 Å². The number of hydrogen-bond donors (Lipinski definition) is 2. The normalized spacial score (nSPS) is 10.1. The van der Waals surface area contributed by atoms with E-state index >= 15 is 0 Å². The minimum atomic E-state index is 0.0404. The maximum absolute atomic E-state index is 10.6. The smallest absolute Gasteiger partial charge is 0.216 e. The van der Waals surface area contributed by atoms with Crippen molar-refractivity contribution < 1.29 is 4.79 Å². The maximum atomic E-state index is 10.6. The monoisotopic (exact) mass is 220 g/mol. The summed E-state index contributed by atoms with van der Waals surface area (Å²) in [6.45, 7) is 6.20. The number of rotatable bonds is 6. The third-order valence-corrected chi connectivity index (χ3v) is 2.32. The average Bonchev–Trinajstić information content (AvgIpc) is 2.23. The lowest BCUT2D eigenvalue weighted by Crippen LogP contribution is -2.24. The molecule has 2 N–H and O–H groups in total. The highest BCUT2D eigenvalue weighted by Crippen LogP contribution is 2.02. The summed E-state index contributed by atoms with van der Waals surface area (Å²) in [5.41, 5.74) is 2.59. The minimum Gasteiger partial charge on any atom is -0.356 e. The second-order valence-electron chi connectivity index (χ2n) is 4.00. The number of carbonyl (C=O) groups is 1. The van der Waals surface area contributed by atoms with Crippen molar-refractivity contribution in [2.45, 2.75) is 26.8 Å². The third-order valence-electron chi connectivity index (χ3n) is 2.32. The molecule has 1 amide bonds. The lowest BCUT2D eigenvalue weighted by atomic mass is 10.1. The first-order valence-corrected chi connectivity index (χ1v) is 5.69. The molecule has 0 heterocycles. The van der Waals surface area contributed by atoms with Gasteiger partial charge in [-0.3, -0.25) is 4.79 Å². The molecular weight excluding hydrogens is 200 g/mol. The second kappa shape index (κ2) is 7.01. The largest absolute Gasteiger partial charge is 0.356 e. The summed E-state index contributed by atoms with van der Waals surface area (Å²) in [6, 6.07) is 8.47. The highest BCUT2D eigenvalue weighted by molar-refractivity contribution is 5.72. The van der Waals surface area contributed by atoms with Gasteiger partial charge in [0.1, 0.15) is 0 Å². The third kappa shape index (κ3) is 5.51. The zero-order chi connectivity index (χ0) is 11.8. The fourth-order valence-electron chi connectivity index (χ4n) is 1.53. The molecule has 3 heteroatoms. The summed E-state index contributed by atoms with van der Waals surface area (Å²) in [6.07, 6.45) is 0.964. The van der Waals surface area contributed by atoms with Crippen molar-refractivity contribution in [2.24, 2.45) is 0 Å². The highest BCUT2D eigenvalue weighted by atomic mass is 16.1. The van der Waals surface area contributed by atoms with Crippen LogP contribution >= 0.6 is 0 Å². The van der Waals surface area contributed by atoms with Crippen LogP contribution in [0.15, 0.2) is 24.3 Å². The first-order valence-electron chi connectivity index (χ1n) is 5.69. The van der Waals surface area contributed by atoms with Gasteiger partial charge in [0.2, 0.25) is 5.91 Å². The maximum Gasteiger partial charge on any atom is 0.216 e. The SMILES string of the molecule is CC(=O)NCCCNCc1cccc(C)c1. The predicted octanol–water partition coefficient (Wildman–Crippen LogP) is 1.61. The average molecular weight is 220 g/mol. The fourth-order valence-corrected chi connectivity index (χ4v) is 1.53. The summed E-state index contributed by atoms with van der Waals surface area (Å²) in [5, 5.41) is 6.13. The van der Waals surface area contributed by atoms with Crippen molar-refractivity contribution in [3.05, 3.63) is 35.4 Å². The van der Waals surface area contributed by atoms with Gasteiger partial charge in [0.05, 0.1) is 0 Å². The van der Waals surface area contributed by atoms with Gasteiger partial charge in [-0.15, -0.1) is 0 Å². The Morgan fingerprint density at radius 1 is 1.31 bits per heavy atom. The Hall–Kier alpha value is -1.35. The van der Waals surface area contributed by atoms with E-state index in [1.165, 1.54) is 11.1 Å². The molecule has 0 radical (unpaired) electrons. The zero-order valence-corrected chi connectivity index (χ0v) is 10.0. The van der Waals surface area contributed by atoms with Crippen molar-refractivity contribution >= 4 is 5.91 Å². The van der Waals surface area contributed by atoms with E-state index in [4.69, 9.17) is 0 Å². The summed E-state index contributed by atoms with van der Waals surface area (Å²) >= 11 is 0. The molecule has 1 aromatic carbocycles. The molecule has 0 bridgehead atoms. The lowest BCUT2D eigenvalue weighted by molar-refractivity contribution is -0.118. The Kier molecular flexibility index (Phi) is 5.57. The van der Waals surface area contributed by atoms with Gasteiger partial charge in [-0.05, 0) is 25.5 Å². The lowest BCUT2D eigenvalue weighted by Gasteiger charge is -2.06. The van der Waals surface area contributed by atoms with Gasteiger partial charge in [0.25, 0.3) is 0 Å². The summed E-state index contributed by atoms with van der Waals surface area (Å²) in [4.78, 5) is 10.6. The molecule has 0 saturated carbocycles. The quantitative estimate of drug-likeness (QED) is 0.715. The fraction of sp³-hybridized carbons (Fsp3) is 0.462. The van der Waals surface area contributed by atoms with Crippen molar-refractivity contribution in [1.29, 1.82) is 0 Å². The number of amides is 1. The Balaban J connectivity index is 2.09. The first-order chi connectivity index (χ1) is 7.68. The molecule has 0 aliphatic heterocycles.